The van der Waals surface area contributed by atoms with Crippen LogP contribution in [0.15, 0.2) is 18.2 Å². The van der Waals surface area contributed by atoms with Crippen molar-refractivity contribution < 1.29 is 28.2 Å². The summed E-state index contributed by atoms with van der Waals surface area (Å²) >= 11 is 0. The third-order valence-electron chi connectivity index (χ3n) is 3.36. The van der Waals surface area contributed by atoms with Crippen molar-refractivity contribution in [1.29, 1.82) is 0 Å². The quantitative estimate of drug-likeness (QED) is 0.858. The summed E-state index contributed by atoms with van der Waals surface area (Å²) < 4.78 is 31.7. The second-order valence-corrected chi connectivity index (χ2v) is 5.11. The first kappa shape index (κ1) is 15.4. The third kappa shape index (κ3) is 3.98. The Balaban J connectivity index is 2.06. The molecule has 7 heteroatoms. The Morgan fingerprint density at radius 1 is 1.38 bits per heavy atom. The Morgan fingerprint density at radius 2 is 2.14 bits per heavy atom. The molecule has 1 amide bonds. The standard InChI is InChI=1S/C14H15F2NO4/c15-10-1-2-11(16)9(5-10)6-12(18)17-14(7-13(19)20)3-4-21-8-14/h1-2,5H,3-4,6-8H2,(H,17,18)(H,19,20). The van der Waals surface area contributed by atoms with Crippen LogP contribution in [-0.2, 0) is 20.7 Å². The summed E-state index contributed by atoms with van der Waals surface area (Å²) in [4.78, 5) is 22.9. The number of carboxylic acid groups (broad SMARTS) is 1. The van der Waals surface area contributed by atoms with E-state index >= 15 is 0 Å². The number of nitrogens with one attached hydrogen (secondary N) is 1. The van der Waals surface area contributed by atoms with Crippen LogP contribution in [0.25, 0.3) is 0 Å². The maximum Gasteiger partial charge on any atom is 0.305 e. The highest BCUT2D eigenvalue weighted by atomic mass is 19.1. The van der Waals surface area contributed by atoms with Crippen molar-refractivity contribution in [3.63, 3.8) is 0 Å². The van der Waals surface area contributed by atoms with Gasteiger partial charge >= 0.3 is 5.97 Å². The van der Waals surface area contributed by atoms with Gasteiger partial charge in [-0.25, -0.2) is 8.78 Å². The van der Waals surface area contributed by atoms with Gasteiger partial charge in [0.25, 0.3) is 0 Å². The molecule has 2 rings (SSSR count). The Morgan fingerprint density at radius 3 is 2.76 bits per heavy atom. The molecule has 114 valence electrons. The number of halogens is 2. The number of carbonyl (C=O) groups is 2. The second kappa shape index (κ2) is 6.17. The maximum atomic E-state index is 13.5. The van der Waals surface area contributed by atoms with E-state index in [1.807, 2.05) is 0 Å². The molecule has 0 saturated carbocycles. The van der Waals surface area contributed by atoms with Crippen molar-refractivity contribution >= 4 is 11.9 Å². The van der Waals surface area contributed by atoms with Crippen molar-refractivity contribution in [3.05, 3.63) is 35.4 Å². The summed E-state index contributed by atoms with van der Waals surface area (Å²) in [6.07, 6.45) is -0.258. The highest BCUT2D eigenvalue weighted by molar-refractivity contribution is 5.80. The Bertz CT molecular complexity index is 556. The minimum absolute atomic E-state index is 0.0723. The number of carboxylic acids is 1. The number of amides is 1. The predicted octanol–water partition coefficient (Wildman–Crippen LogP) is 1.26. The topological polar surface area (TPSA) is 75.6 Å². The summed E-state index contributed by atoms with van der Waals surface area (Å²) in [5.74, 6) is -2.94. The zero-order valence-corrected chi connectivity index (χ0v) is 11.2. The van der Waals surface area contributed by atoms with Crippen LogP contribution in [-0.4, -0.2) is 35.7 Å². The second-order valence-electron chi connectivity index (χ2n) is 5.11. The first-order valence-corrected chi connectivity index (χ1v) is 6.45. The molecule has 2 N–H and O–H groups in total. The van der Waals surface area contributed by atoms with Crippen LogP contribution in [0.2, 0.25) is 0 Å². The highest BCUT2D eigenvalue weighted by Crippen LogP contribution is 2.23. The molecule has 1 aromatic rings. The zero-order valence-electron chi connectivity index (χ0n) is 11.2. The molecule has 21 heavy (non-hydrogen) atoms. The molecule has 1 fully saturated rings. The van der Waals surface area contributed by atoms with Crippen molar-refractivity contribution in [2.45, 2.75) is 24.8 Å². The largest absolute Gasteiger partial charge is 0.481 e. The fourth-order valence-corrected chi connectivity index (χ4v) is 2.37. The molecule has 1 aliphatic heterocycles. The van der Waals surface area contributed by atoms with Crippen molar-refractivity contribution in [2.75, 3.05) is 13.2 Å². The van der Waals surface area contributed by atoms with Crippen LogP contribution in [0.3, 0.4) is 0 Å². The van der Waals surface area contributed by atoms with E-state index in [0.29, 0.717) is 13.0 Å². The first-order chi connectivity index (χ1) is 9.90. The summed E-state index contributed by atoms with van der Waals surface area (Å²) in [6, 6.07) is 2.86. The summed E-state index contributed by atoms with van der Waals surface area (Å²) in [6.45, 7) is 0.443. The van der Waals surface area contributed by atoms with Crippen LogP contribution in [0.1, 0.15) is 18.4 Å². The Kier molecular flexibility index (Phi) is 4.52. The van der Waals surface area contributed by atoms with E-state index in [1.165, 1.54) is 0 Å². The van der Waals surface area contributed by atoms with Gasteiger partial charge in [0.1, 0.15) is 11.6 Å². The lowest BCUT2D eigenvalue weighted by molar-refractivity contribution is -0.139. The van der Waals surface area contributed by atoms with Crippen molar-refractivity contribution in [2.24, 2.45) is 0 Å². The van der Waals surface area contributed by atoms with E-state index in [1.54, 1.807) is 0 Å². The van der Waals surface area contributed by atoms with Crippen LogP contribution < -0.4 is 5.32 Å². The van der Waals surface area contributed by atoms with E-state index < -0.39 is 29.0 Å². The molecule has 1 aliphatic rings. The lowest BCUT2D eigenvalue weighted by atomic mass is 9.94. The van der Waals surface area contributed by atoms with E-state index in [2.05, 4.69) is 5.32 Å². The Hall–Kier alpha value is -2.02. The van der Waals surface area contributed by atoms with Crippen LogP contribution >= 0.6 is 0 Å². The molecule has 0 aliphatic carbocycles. The summed E-state index contributed by atoms with van der Waals surface area (Å²) in [5.41, 5.74) is -1.05. The third-order valence-corrected chi connectivity index (χ3v) is 3.36. The minimum Gasteiger partial charge on any atom is -0.481 e. The molecule has 1 heterocycles. The van der Waals surface area contributed by atoms with Gasteiger partial charge in [0, 0.05) is 12.2 Å². The van der Waals surface area contributed by atoms with E-state index in [0.717, 1.165) is 18.2 Å². The molecule has 0 aromatic heterocycles. The normalized spacial score (nSPS) is 21.2. The fourth-order valence-electron chi connectivity index (χ4n) is 2.37. The van der Waals surface area contributed by atoms with E-state index in [9.17, 15) is 18.4 Å². The molecule has 1 saturated heterocycles. The number of benzene rings is 1. The molecule has 0 spiro atoms. The van der Waals surface area contributed by atoms with Gasteiger partial charge < -0.3 is 15.2 Å². The lowest BCUT2D eigenvalue weighted by Crippen LogP contribution is -2.51. The number of rotatable bonds is 5. The Labute approximate surface area is 119 Å². The van der Waals surface area contributed by atoms with Crippen LogP contribution in [0.5, 0.6) is 0 Å². The van der Waals surface area contributed by atoms with E-state index in [4.69, 9.17) is 9.84 Å². The van der Waals surface area contributed by atoms with Gasteiger partial charge in [0.2, 0.25) is 5.91 Å². The minimum atomic E-state index is -1.06. The molecule has 5 nitrogen and oxygen atoms in total. The monoisotopic (exact) mass is 299 g/mol. The van der Waals surface area contributed by atoms with Gasteiger partial charge in [-0.2, -0.15) is 0 Å². The molecule has 0 radical (unpaired) electrons. The highest BCUT2D eigenvalue weighted by Gasteiger charge is 2.38. The van der Waals surface area contributed by atoms with Gasteiger partial charge in [-0.3, -0.25) is 9.59 Å². The summed E-state index contributed by atoms with van der Waals surface area (Å²) in [7, 11) is 0. The van der Waals surface area contributed by atoms with Gasteiger partial charge in [0.15, 0.2) is 0 Å². The number of hydrogen-bond donors (Lipinski definition) is 2. The van der Waals surface area contributed by atoms with Crippen molar-refractivity contribution in [1.82, 2.24) is 5.32 Å². The molecule has 1 atom stereocenters. The van der Waals surface area contributed by atoms with Crippen molar-refractivity contribution in [3.8, 4) is 0 Å². The predicted molar refractivity (Wildman–Crippen MR) is 68.6 cm³/mol. The van der Waals surface area contributed by atoms with E-state index in [-0.39, 0.29) is 25.0 Å². The van der Waals surface area contributed by atoms with Crippen LogP contribution in [0, 0.1) is 11.6 Å². The summed E-state index contributed by atoms with van der Waals surface area (Å²) in [5, 5.41) is 11.5. The van der Waals surface area contributed by atoms with Crippen LogP contribution in [0.4, 0.5) is 8.78 Å². The molecule has 1 unspecified atom stereocenters. The molecule has 0 bridgehead atoms. The molecular weight excluding hydrogens is 284 g/mol. The average molecular weight is 299 g/mol. The van der Waals surface area contributed by atoms with Gasteiger partial charge in [0.05, 0.1) is 25.0 Å². The molecular formula is C14H15F2NO4. The first-order valence-electron chi connectivity index (χ1n) is 6.45. The lowest BCUT2D eigenvalue weighted by Gasteiger charge is -2.27. The van der Waals surface area contributed by atoms with Gasteiger partial charge in [-0.05, 0) is 24.6 Å². The maximum absolute atomic E-state index is 13.5. The number of aliphatic carboxylic acids is 1. The smallest absolute Gasteiger partial charge is 0.305 e. The number of hydrogen-bond acceptors (Lipinski definition) is 3. The fraction of sp³-hybridized carbons (Fsp3) is 0.429. The number of carbonyl (C=O) groups excluding carboxylic acids is 1. The van der Waals surface area contributed by atoms with Gasteiger partial charge in [-0.1, -0.05) is 0 Å². The zero-order chi connectivity index (χ0) is 15.5. The molecule has 1 aromatic carbocycles. The number of ether oxygens (including phenoxy) is 1. The van der Waals surface area contributed by atoms with Gasteiger partial charge in [-0.15, -0.1) is 0 Å². The SMILES string of the molecule is O=C(O)CC1(NC(=O)Cc2cc(F)ccc2F)CCOC1. The average Bonchev–Trinajstić information content (AvgIpc) is 2.80.